The molecule has 2 atom stereocenters. The maximum Gasteiger partial charge on any atom is 0.106 e. The van der Waals surface area contributed by atoms with E-state index in [2.05, 4.69) is 11.9 Å². The molecule has 0 aliphatic carbocycles. The molecule has 0 aliphatic rings. The zero-order valence-corrected chi connectivity index (χ0v) is 8.49. The highest BCUT2D eigenvalue weighted by atomic mass is 16.3. The fourth-order valence-corrected chi connectivity index (χ4v) is 1.31. The Morgan fingerprint density at radius 2 is 2.23 bits per heavy atom. The van der Waals surface area contributed by atoms with Crippen molar-refractivity contribution in [3.63, 3.8) is 0 Å². The van der Waals surface area contributed by atoms with Crippen molar-refractivity contribution in [1.29, 1.82) is 0 Å². The molecule has 1 N–H and O–H groups in total. The molecular weight excluding hydrogens is 162 g/mol. The minimum atomic E-state index is -0.810. The summed E-state index contributed by atoms with van der Waals surface area (Å²) in [6.07, 6.45) is 2.66. The van der Waals surface area contributed by atoms with E-state index in [4.69, 9.17) is 0 Å². The normalized spacial score (nSPS) is 17.8. The van der Waals surface area contributed by atoms with Gasteiger partial charge in [0.2, 0.25) is 0 Å². The lowest BCUT2D eigenvalue weighted by Gasteiger charge is -2.28. The van der Waals surface area contributed by atoms with Crippen LogP contribution in [0.2, 0.25) is 0 Å². The van der Waals surface area contributed by atoms with Gasteiger partial charge in [0.15, 0.2) is 0 Å². The molecule has 2 unspecified atom stereocenters. The van der Waals surface area contributed by atoms with Crippen molar-refractivity contribution in [3.05, 3.63) is 30.1 Å². The molecule has 0 saturated carbocycles. The summed E-state index contributed by atoms with van der Waals surface area (Å²) < 4.78 is 0. The van der Waals surface area contributed by atoms with Crippen molar-refractivity contribution in [2.24, 2.45) is 5.92 Å². The van der Waals surface area contributed by atoms with E-state index in [1.54, 1.807) is 6.20 Å². The minimum Gasteiger partial charge on any atom is -0.384 e. The number of hydrogen-bond donors (Lipinski definition) is 1. The second-order valence-corrected chi connectivity index (χ2v) is 3.67. The number of pyridine rings is 1. The molecule has 1 heterocycles. The summed E-state index contributed by atoms with van der Waals surface area (Å²) in [6.45, 7) is 5.93. The monoisotopic (exact) mass is 179 g/mol. The van der Waals surface area contributed by atoms with E-state index in [0.717, 1.165) is 12.1 Å². The molecule has 0 aromatic carbocycles. The topological polar surface area (TPSA) is 33.1 Å². The average molecular weight is 179 g/mol. The molecule has 1 rings (SSSR count). The van der Waals surface area contributed by atoms with Crippen LogP contribution < -0.4 is 0 Å². The molecule has 1 aromatic heterocycles. The van der Waals surface area contributed by atoms with E-state index in [1.165, 1.54) is 0 Å². The van der Waals surface area contributed by atoms with Gasteiger partial charge in [0.05, 0.1) is 5.69 Å². The Morgan fingerprint density at radius 3 is 2.69 bits per heavy atom. The first kappa shape index (κ1) is 10.2. The van der Waals surface area contributed by atoms with Crippen LogP contribution in [0.3, 0.4) is 0 Å². The third kappa shape index (κ3) is 2.07. The van der Waals surface area contributed by atoms with E-state index < -0.39 is 5.60 Å². The smallest absolute Gasteiger partial charge is 0.106 e. The van der Waals surface area contributed by atoms with E-state index in [-0.39, 0.29) is 5.92 Å². The Morgan fingerprint density at radius 1 is 1.54 bits per heavy atom. The van der Waals surface area contributed by atoms with E-state index in [0.29, 0.717) is 0 Å². The van der Waals surface area contributed by atoms with Crippen LogP contribution in [0.25, 0.3) is 0 Å². The highest BCUT2D eigenvalue weighted by molar-refractivity contribution is 5.12. The van der Waals surface area contributed by atoms with Gasteiger partial charge in [0, 0.05) is 6.20 Å². The van der Waals surface area contributed by atoms with Gasteiger partial charge in [-0.2, -0.15) is 0 Å². The average Bonchev–Trinajstić information content (AvgIpc) is 2.18. The molecule has 0 fully saturated rings. The maximum atomic E-state index is 10.2. The molecule has 0 saturated heterocycles. The van der Waals surface area contributed by atoms with Crippen molar-refractivity contribution >= 4 is 0 Å². The number of hydrogen-bond acceptors (Lipinski definition) is 2. The summed E-state index contributed by atoms with van der Waals surface area (Å²) in [7, 11) is 0. The third-order valence-electron chi connectivity index (χ3n) is 2.76. The first-order valence-electron chi connectivity index (χ1n) is 4.73. The summed E-state index contributed by atoms with van der Waals surface area (Å²) in [5, 5.41) is 10.2. The number of rotatable bonds is 3. The summed E-state index contributed by atoms with van der Waals surface area (Å²) in [5.41, 5.74) is -0.0555. The summed E-state index contributed by atoms with van der Waals surface area (Å²) in [5.74, 6) is 0.224. The van der Waals surface area contributed by atoms with Crippen LogP contribution >= 0.6 is 0 Å². The molecule has 72 valence electrons. The van der Waals surface area contributed by atoms with Crippen LogP contribution in [-0.4, -0.2) is 10.1 Å². The van der Waals surface area contributed by atoms with Gasteiger partial charge in [-0.15, -0.1) is 0 Å². The summed E-state index contributed by atoms with van der Waals surface area (Å²) in [4.78, 5) is 4.17. The molecule has 0 spiro atoms. The third-order valence-corrected chi connectivity index (χ3v) is 2.76. The predicted octanol–water partition coefficient (Wildman–Crippen LogP) is 2.34. The van der Waals surface area contributed by atoms with Gasteiger partial charge in [0.25, 0.3) is 0 Å². The Bertz CT molecular complexity index is 256. The van der Waals surface area contributed by atoms with E-state index >= 15 is 0 Å². The fraction of sp³-hybridized carbons (Fsp3) is 0.545. The van der Waals surface area contributed by atoms with Gasteiger partial charge in [-0.25, -0.2) is 0 Å². The zero-order chi connectivity index (χ0) is 9.90. The lowest BCUT2D eigenvalue weighted by Crippen LogP contribution is -2.30. The van der Waals surface area contributed by atoms with Gasteiger partial charge >= 0.3 is 0 Å². The van der Waals surface area contributed by atoms with Crippen molar-refractivity contribution in [2.45, 2.75) is 32.8 Å². The molecular formula is C11H17NO. The van der Waals surface area contributed by atoms with Gasteiger partial charge in [0.1, 0.15) is 5.60 Å². The maximum absolute atomic E-state index is 10.2. The standard InChI is InChI=1S/C11H17NO/c1-4-9(2)11(3,13)10-7-5-6-8-12-10/h5-9,13H,4H2,1-3H3. The highest BCUT2D eigenvalue weighted by Crippen LogP contribution is 2.29. The lowest BCUT2D eigenvalue weighted by molar-refractivity contribution is -0.00403. The number of nitrogens with zero attached hydrogens (tertiary/aromatic N) is 1. The Labute approximate surface area is 79.6 Å². The van der Waals surface area contributed by atoms with Crippen LogP contribution in [0.4, 0.5) is 0 Å². The number of aliphatic hydroxyl groups is 1. The Kier molecular flexibility index (Phi) is 3.04. The van der Waals surface area contributed by atoms with Gasteiger partial charge in [-0.3, -0.25) is 4.98 Å². The molecule has 2 nitrogen and oxygen atoms in total. The molecule has 2 heteroatoms. The first-order chi connectivity index (χ1) is 6.09. The van der Waals surface area contributed by atoms with Crippen LogP contribution in [0.1, 0.15) is 32.9 Å². The van der Waals surface area contributed by atoms with Gasteiger partial charge in [-0.1, -0.05) is 26.3 Å². The summed E-state index contributed by atoms with van der Waals surface area (Å²) >= 11 is 0. The summed E-state index contributed by atoms with van der Waals surface area (Å²) in [6, 6.07) is 5.63. The van der Waals surface area contributed by atoms with Crippen LogP contribution in [0, 0.1) is 5.92 Å². The second kappa shape index (κ2) is 3.88. The predicted molar refractivity (Wildman–Crippen MR) is 53.3 cm³/mol. The van der Waals surface area contributed by atoms with E-state index in [9.17, 15) is 5.11 Å². The van der Waals surface area contributed by atoms with Crippen molar-refractivity contribution in [3.8, 4) is 0 Å². The zero-order valence-electron chi connectivity index (χ0n) is 8.49. The quantitative estimate of drug-likeness (QED) is 0.772. The molecule has 0 bridgehead atoms. The molecule has 1 aromatic rings. The van der Waals surface area contributed by atoms with Crippen molar-refractivity contribution in [1.82, 2.24) is 4.98 Å². The van der Waals surface area contributed by atoms with E-state index in [1.807, 2.05) is 32.0 Å². The molecule has 0 aliphatic heterocycles. The molecule has 13 heavy (non-hydrogen) atoms. The van der Waals surface area contributed by atoms with Crippen LogP contribution in [0.15, 0.2) is 24.4 Å². The highest BCUT2D eigenvalue weighted by Gasteiger charge is 2.30. The minimum absolute atomic E-state index is 0.224. The largest absolute Gasteiger partial charge is 0.384 e. The fourth-order valence-electron chi connectivity index (χ4n) is 1.31. The van der Waals surface area contributed by atoms with Crippen molar-refractivity contribution in [2.75, 3.05) is 0 Å². The Balaban J connectivity index is 2.93. The van der Waals surface area contributed by atoms with Gasteiger partial charge in [-0.05, 0) is 25.0 Å². The second-order valence-electron chi connectivity index (χ2n) is 3.67. The van der Waals surface area contributed by atoms with Crippen LogP contribution in [0.5, 0.6) is 0 Å². The molecule has 0 amide bonds. The SMILES string of the molecule is CCC(C)C(C)(O)c1ccccn1. The van der Waals surface area contributed by atoms with Gasteiger partial charge < -0.3 is 5.11 Å². The Hall–Kier alpha value is -0.890. The van der Waals surface area contributed by atoms with Crippen molar-refractivity contribution < 1.29 is 5.11 Å². The molecule has 0 radical (unpaired) electrons. The first-order valence-corrected chi connectivity index (χ1v) is 4.73. The lowest BCUT2D eigenvalue weighted by atomic mass is 9.85. The van der Waals surface area contributed by atoms with Crippen LogP contribution in [-0.2, 0) is 5.60 Å². The number of aromatic nitrogens is 1.